The van der Waals surface area contributed by atoms with E-state index in [0.717, 1.165) is 31.0 Å². The van der Waals surface area contributed by atoms with Crippen LogP contribution in [0.5, 0.6) is 0 Å². The Morgan fingerprint density at radius 3 is 2.57 bits per heavy atom. The molecule has 0 unspecified atom stereocenters. The molecule has 7 heteroatoms. The number of rotatable bonds is 6. The predicted molar refractivity (Wildman–Crippen MR) is 110 cm³/mol. The number of para-hydroxylation sites is 1. The van der Waals surface area contributed by atoms with E-state index in [0.29, 0.717) is 12.1 Å². The number of nitrogens with two attached hydrogens (primary N) is 1. The molecule has 0 aliphatic carbocycles. The number of primary amides is 1. The van der Waals surface area contributed by atoms with Crippen LogP contribution < -0.4 is 21.3 Å². The van der Waals surface area contributed by atoms with Gasteiger partial charge in [-0.15, -0.1) is 0 Å². The minimum atomic E-state index is -0.571. The third kappa shape index (κ3) is 4.68. The van der Waals surface area contributed by atoms with Gasteiger partial charge in [0.25, 0.3) is 5.91 Å². The van der Waals surface area contributed by atoms with Crippen LogP contribution in [0.25, 0.3) is 0 Å². The van der Waals surface area contributed by atoms with E-state index in [2.05, 4.69) is 40.7 Å². The predicted octanol–water partition coefficient (Wildman–Crippen LogP) is 1.43. The van der Waals surface area contributed by atoms with Gasteiger partial charge in [0.2, 0.25) is 5.91 Å². The van der Waals surface area contributed by atoms with E-state index in [1.807, 2.05) is 18.2 Å². The maximum absolute atomic E-state index is 11.9. The van der Waals surface area contributed by atoms with Crippen molar-refractivity contribution in [2.75, 3.05) is 24.5 Å². The highest BCUT2D eigenvalue weighted by molar-refractivity contribution is 5.98. The van der Waals surface area contributed by atoms with Gasteiger partial charge in [-0.2, -0.15) is 0 Å². The van der Waals surface area contributed by atoms with Gasteiger partial charge in [-0.3, -0.25) is 9.59 Å². The topological polar surface area (TPSA) is 99.8 Å². The maximum atomic E-state index is 11.9. The Labute approximate surface area is 164 Å². The fraction of sp³-hybridized carbons (Fsp3) is 0.286. The Kier molecular flexibility index (Phi) is 6.26. The summed E-state index contributed by atoms with van der Waals surface area (Å²) in [5.74, 6) is -0.0367. The normalized spacial score (nSPS) is 13.2. The van der Waals surface area contributed by atoms with Crippen LogP contribution in [0.1, 0.15) is 28.4 Å². The van der Waals surface area contributed by atoms with Gasteiger partial charge in [0, 0.05) is 24.3 Å². The second kappa shape index (κ2) is 9.03. The molecule has 0 aromatic heterocycles. The third-order valence-electron chi connectivity index (χ3n) is 4.53. The van der Waals surface area contributed by atoms with Gasteiger partial charge in [-0.05, 0) is 42.7 Å². The Hall–Kier alpha value is -3.35. The van der Waals surface area contributed by atoms with E-state index in [9.17, 15) is 9.59 Å². The summed E-state index contributed by atoms with van der Waals surface area (Å²) < 4.78 is 0. The average Bonchev–Trinajstić information content (AvgIpc) is 3.14. The first kappa shape index (κ1) is 19.4. The zero-order valence-electron chi connectivity index (χ0n) is 15.9. The second-order valence-electron chi connectivity index (χ2n) is 6.55. The van der Waals surface area contributed by atoms with Crippen LogP contribution in [0.3, 0.4) is 0 Å². The van der Waals surface area contributed by atoms with Gasteiger partial charge in [0.15, 0.2) is 5.96 Å². The van der Waals surface area contributed by atoms with Crippen LogP contribution in [0.2, 0.25) is 0 Å². The lowest BCUT2D eigenvalue weighted by Crippen LogP contribution is -2.40. The van der Waals surface area contributed by atoms with Crippen molar-refractivity contribution in [3.63, 3.8) is 0 Å². The Morgan fingerprint density at radius 2 is 1.86 bits per heavy atom. The number of guanidine groups is 1. The number of carbonyl (C=O) groups excluding carboxylic acids is 2. The lowest BCUT2D eigenvalue weighted by molar-refractivity contribution is -0.117. The molecule has 2 amide bonds. The number of benzene rings is 2. The van der Waals surface area contributed by atoms with Gasteiger partial charge >= 0.3 is 0 Å². The van der Waals surface area contributed by atoms with E-state index < -0.39 is 5.91 Å². The number of hydrogen-bond donors (Lipinski definition) is 3. The molecule has 1 aliphatic heterocycles. The van der Waals surface area contributed by atoms with Crippen LogP contribution >= 0.6 is 0 Å². The number of nitrogens with zero attached hydrogens (tertiary/aromatic N) is 2. The first-order valence-electron chi connectivity index (χ1n) is 9.37. The molecule has 0 radical (unpaired) electrons. The molecule has 0 bridgehead atoms. The highest BCUT2D eigenvalue weighted by Crippen LogP contribution is 2.27. The average molecular weight is 379 g/mol. The maximum Gasteiger partial charge on any atom is 0.251 e. The minimum Gasteiger partial charge on any atom is -0.368 e. The van der Waals surface area contributed by atoms with Crippen molar-refractivity contribution in [3.8, 4) is 0 Å². The molecule has 28 heavy (non-hydrogen) atoms. The molecule has 3 rings (SSSR count). The zero-order valence-corrected chi connectivity index (χ0v) is 15.9. The van der Waals surface area contributed by atoms with Gasteiger partial charge < -0.3 is 21.3 Å². The molecule has 1 heterocycles. The van der Waals surface area contributed by atoms with Crippen molar-refractivity contribution in [1.82, 2.24) is 10.6 Å². The summed E-state index contributed by atoms with van der Waals surface area (Å²) in [6.45, 7) is 4.08. The number of fused-ring (bicyclic) bond motifs is 1. The molecule has 1 aliphatic rings. The monoisotopic (exact) mass is 379 g/mol. The molecular weight excluding hydrogens is 354 g/mol. The second-order valence-corrected chi connectivity index (χ2v) is 6.55. The van der Waals surface area contributed by atoms with Crippen molar-refractivity contribution in [2.45, 2.75) is 19.9 Å². The van der Waals surface area contributed by atoms with Crippen molar-refractivity contribution >= 4 is 23.5 Å². The molecule has 146 valence electrons. The van der Waals surface area contributed by atoms with Crippen LogP contribution in [0.15, 0.2) is 53.5 Å². The SMILES string of the molecule is CCNC(=NCc1ccc(C(=O)NCC(N)=O)cc1)N1CCc2ccccc21. The minimum absolute atomic E-state index is 0.172. The summed E-state index contributed by atoms with van der Waals surface area (Å²) in [7, 11) is 0. The molecule has 0 fully saturated rings. The van der Waals surface area contributed by atoms with Crippen LogP contribution in [-0.4, -0.2) is 37.4 Å². The van der Waals surface area contributed by atoms with E-state index >= 15 is 0 Å². The van der Waals surface area contributed by atoms with Crippen LogP contribution in [0, 0.1) is 0 Å². The first-order chi connectivity index (χ1) is 13.6. The molecule has 2 aromatic rings. The van der Waals surface area contributed by atoms with Gasteiger partial charge in [0.05, 0.1) is 13.1 Å². The van der Waals surface area contributed by atoms with Crippen molar-refractivity contribution in [2.24, 2.45) is 10.7 Å². The van der Waals surface area contributed by atoms with Crippen molar-refractivity contribution < 1.29 is 9.59 Å². The standard InChI is InChI=1S/C21H25N5O2/c1-2-23-21(26-12-11-16-5-3-4-6-18(16)26)25-13-15-7-9-17(10-8-15)20(28)24-14-19(22)27/h3-10H,2,11-14H2,1H3,(H2,22,27)(H,23,25)(H,24,28). The smallest absolute Gasteiger partial charge is 0.251 e. The Morgan fingerprint density at radius 1 is 1.11 bits per heavy atom. The van der Waals surface area contributed by atoms with Gasteiger partial charge in [-0.25, -0.2) is 4.99 Å². The summed E-state index contributed by atoms with van der Waals surface area (Å²) in [6.07, 6.45) is 1.01. The highest BCUT2D eigenvalue weighted by Gasteiger charge is 2.22. The highest BCUT2D eigenvalue weighted by atomic mass is 16.2. The molecule has 0 spiro atoms. The lowest BCUT2D eigenvalue weighted by Gasteiger charge is -2.22. The van der Waals surface area contributed by atoms with Crippen molar-refractivity contribution in [1.29, 1.82) is 0 Å². The zero-order chi connectivity index (χ0) is 19.9. The molecular formula is C21H25N5O2. The Balaban J connectivity index is 1.68. The molecule has 7 nitrogen and oxygen atoms in total. The van der Waals surface area contributed by atoms with Crippen LogP contribution in [-0.2, 0) is 17.8 Å². The van der Waals surface area contributed by atoms with E-state index in [1.165, 1.54) is 11.3 Å². The molecule has 0 saturated carbocycles. The van der Waals surface area contributed by atoms with Gasteiger partial charge in [0.1, 0.15) is 0 Å². The summed E-state index contributed by atoms with van der Waals surface area (Å²) in [5.41, 5.74) is 9.04. The Bertz CT molecular complexity index is 877. The number of carbonyl (C=O) groups is 2. The van der Waals surface area contributed by atoms with Gasteiger partial charge in [-0.1, -0.05) is 30.3 Å². The van der Waals surface area contributed by atoms with E-state index in [4.69, 9.17) is 10.7 Å². The first-order valence-corrected chi connectivity index (χ1v) is 9.37. The summed E-state index contributed by atoms with van der Waals surface area (Å²) in [4.78, 5) is 29.7. The third-order valence-corrected chi connectivity index (χ3v) is 4.53. The number of anilines is 1. The number of nitrogens with one attached hydrogen (secondary N) is 2. The molecule has 0 saturated heterocycles. The van der Waals surface area contributed by atoms with E-state index in [1.54, 1.807) is 12.1 Å². The molecule has 2 aromatic carbocycles. The fourth-order valence-corrected chi connectivity index (χ4v) is 3.15. The lowest BCUT2D eigenvalue weighted by atomic mass is 10.1. The summed E-state index contributed by atoms with van der Waals surface area (Å²) in [6, 6.07) is 15.6. The van der Waals surface area contributed by atoms with Crippen molar-refractivity contribution in [3.05, 3.63) is 65.2 Å². The van der Waals surface area contributed by atoms with Crippen LogP contribution in [0.4, 0.5) is 5.69 Å². The summed E-state index contributed by atoms with van der Waals surface area (Å²) >= 11 is 0. The molecule has 4 N–H and O–H groups in total. The van der Waals surface area contributed by atoms with E-state index in [-0.39, 0.29) is 12.5 Å². The quantitative estimate of drug-likeness (QED) is 0.522. The summed E-state index contributed by atoms with van der Waals surface area (Å²) in [5, 5.41) is 5.83. The molecule has 0 atom stereocenters. The number of hydrogen-bond acceptors (Lipinski definition) is 3. The fourth-order valence-electron chi connectivity index (χ4n) is 3.15. The largest absolute Gasteiger partial charge is 0.368 e. The number of amides is 2. The number of aliphatic imine (C=N–C) groups is 1.